The number of hydrogen-bond acceptors (Lipinski definition) is 5. The summed E-state index contributed by atoms with van der Waals surface area (Å²) in [7, 11) is 0. The second-order valence-electron chi connectivity index (χ2n) is 4.69. The van der Waals surface area contributed by atoms with Crippen molar-refractivity contribution in [1.82, 2.24) is 0 Å². The molecule has 0 spiro atoms. The van der Waals surface area contributed by atoms with E-state index in [1.165, 1.54) is 18.2 Å². The molecule has 0 fully saturated rings. The first-order chi connectivity index (χ1) is 9.54. The highest BCUT2D eigenvalue weighted by Crippen LogP contribution is 2.37. The number of ether oxygens (including phenoxy) is 1. The third-order valence-corrected chi connectivity index (χ3v) is 3.31. The van der Waals surface area contributed by atoms with Crippen LogP contribution in [-0.4, -0.2) is 21.3 Å². The molecule has 0 saturated heterocycles. The SMILES string of the molecule is O=C1O[C@@H](c2ccc(O)cc2)Cc2cc(O)cc(O)c21. The quantitative estimate of drug-likeness (QED) is 0.693. The first-order valence-corrected chi connectivity index (χ1v) is 6.09. The Kier molecular flexibility index (Phi) is 2.75. The minimum Gasteiger partial charge on any atom is -0.508 e. The van der Waals surface area contributed by atoms with E-state index in [-0.39, 0.29) is 22.8 Å². The molecule has 3 rings (SSSR count). The van der Waals surface area contributed by atoms with Crippen molar-refractivity contribution in [1.29, 1.82) is 0 Å². The van der Waals surface area contributed by atoms with E-state index in [1.807, 2.05) is 0 Å². The molecule has 0 bridgehead atoms. The van der Waals surface area contributed by atoms with Crippen LogP contribution in [0, 0.1) is 0 Å². The van der Waals surface area contributed by atoms with Crippen LogP contribution in [0.3, 0.4) is 0 Å². The zero-order valence-electron chi connectivity index (χ0n) is 10.4. The molecule has 1 heterocycles. The highest BCUT2D eigenvalue weighted by molar-refractivity contribution is 5.95. The Hall–Kier alpha value is -2.69. The van der Waals surface area contributed by atoms with Crippen molar-refractivity contribution >= 4 is 5.97 Å². The molecule has 2 aromatic rings. The highest BCUT2D eigenvalue weighted by atomic mass is 16.5. The normalized spacial score (nSPS) is 17.4. The van der Waals surface area contributed by atoms with Crippen molar-refractivity contribution in [3.8, 4) is 17.2 Å². The molecule has 0 amide bonds. The van der Waals surface area contributed by atoms with Crippen LogP contribution in [0.5, 0.6) is 17.2 Å². The number of benzene rings is 2. The van der Waals surface area contributed by atoms with Crippen LogP contribution in [-0.2, 0) is 11.2 Å². The highest BCUT2D eigenvalue weighted by Gasteiger charge is 2.30. The third kappa shape index (κ3) is 2.03. The number of cyclic esters (lactones) is 1. The maximum absolute atomic E-state index is 12.0. The molecule has 0 unspecified atom stereocenters. The average molecular weight is 272 g/mol. The lowest BCUT2D eigenvalue weighted by atomic mass is 9.94. The number of fused-ring (bicyclic) bond motifs is 1. The van der Waals surface area contributed by atoms with Gasteiger partial charge in [-0.2, -0.15) is 0 Å². The van der Waals surface area contributed by atoms with Crippen LogP contribution < -0.4 is 0 Å². The third-order valence-electron chi connectivity index (χ3n) is 3.31. The fourth-order valence-electron chi connectivity index (χ4n) is 2.37. The number of rotatable bonds is 1. The van der Waals surface area contributed by atoms with Gasteiger partial charge in [0.25, 0.3) is 0 Å². The maximum atomic E-state index is 12.0. The lowest BCUT2D eigenvalue weighted by Crippen LogP contribution is -2.21. The van der Waals surface area contributed by atoms with Gasteiger partial charge in [0.1, 0.15) is 28.9 Å². The number of hydrogen-bond donors (Lipinski definition) is 3. The van der Waals surface area contributed by atoms with Gasteiger partial charge < -0.3 is 20.1 Å². The predicted octanol–water partition coefficient (Wildman–Crippen LogP) is 2.26. The Bertz CT molecular complexity index is 675. The fourth-order valence-corrected chi connectivity index (χ4v) is 2.37. The van der Waals surface area contributed by atoms with Gasteiger partial charge in [-0.05, 0) is 29.3 Å². The van der Waals surface area contributed by atoms with Crippen LogP contribution in [0.15, 0.2) is 36.4 Å². The Labute approximate surface area is 114 Å². The second-order valence-corrected chi connectivity index (χ2v) is 4.69. The zero-order chi connectivity index (χ0) is 14.3. The molecule has 1 aliphatic rings. The van der Waals surface area contributed by atoms with E-state index in [0.29, 0.717) is 12.0 Å². The number of carbonyl (C=O) groups excluding carboxylic acids is 1. The summed E-state index contributed by atoms with van der Waals surface area (Å²) in [5.74, 6) is -0.872. The molecular weight excluding hydrogens is 260 g/mol. The smallest absolute Gasteiger partial charge is 0.342 e. The second kappa shape index (κ2) is 4.45. The molecule has 2 aromatic carbocycles. The van der Waals surface area contributed by atoms with Crippen LogP contribution in [0.2, 0.25) is 0 Å². The molecule has 1 atom stereocenters. The van der Waals surface area contributed by atoms with Gasteiger partial charge in [0.2, 0.25) is 0 Å². The van der Waals surface area contributed by atoms with Crippen molar-refractivity contribution in [3.63, 3.8) is 0 Å². The molecule has 1 aliphatic heterocycles. The summed E-state index contributed by atoms with van der Waals surface area (Å²) >= 11 is 0. The molecule has 102 valence electrons. The first-order valence-electron chi connectivity index (χ1n) is 6.09. The van der Waals surface area contributed by atoms with Crippen LogP contribution in [0.25, 0.3) is 0 Å². The van der Waals surface area contributed by atoms with Crippen molar-refractivity contribution in [2.75, 3.05) is 0 Å². The molecule has 0 saturated carbocycles. The monoisotopic (exact) mass is 272 g/mol. The van der Waals surface area contributed by atoms with Gasteiger partial charge in [0.15, 0.2) is 0 Å². The predicted molar refractivity (Wildman–Crippen MR) is 69.7 cm³/mol. The maximum Gasteiger partial charge on any atom is 0.342 e. The number of esters is 1. The van der Waals surface area contributed by atoms with Crippen molar-refractivity contribution in [2.24, 2.45) is 0 Å². The lowest BCUT2D eigenvalue weighted by molar-refractivity contribution is 0.0248. The molecule has 0 radical (unpaired) electrons. The molecule has 5 heteroatoms. The largest absolute Gasteiger partial charge is 0.508 e. The topological polar surface area (TPSA) is 87.0 Å². The summed E-state index contributed by atoms with van der Waals surface area (Å²) in [4.78, 5) is 12.0. The molecule has 5 nitrogen and oxygen atoms in total. The Morgan fingerprint density at radius 1 is 1.00 bits per heavy atom. The summed E-state index contributed by atoms with van der Waals surface area (Å²) in [5.41, 5.74) is 1.37. The van der Waals surface area contributed by atoms with Gasteiger partial charge in [0.05, 0.1) is 0 Å². The summed E-state index contributed by atoms with van der Waals surface area (Å²) in [6.07, 6.45) is -0.148. The Morgan fingerprint density at radius 2 is 1.70 bits per heavy atom. The van der Waals surface area contributed by atoms with Crippen molar-refractivity contribution in [3.05, 3.63) is 53.1 Å². The van der Waals surface area contributed by atoms with E-state index in [1.54, 1.807) is 12.1 Å². The molecular formula is C15H12O5. The van der Waals surface area contributed by atoms with E-state index in [2.05, 4.69) is 0 Å². The molecule has 0 aliphatic carbocycles. The van der Waals surface area contributed by atoms with E-state index in [0.717, 1.165) is 11.6 Å². The lowest BCUT2D eigenvalue weighted by Gasteiger charge is -2.25. The summed E-state index contributed by atoms with van der Waals surface area (Å²) < 4.78 is 5.30. The number of carbonyl (C=O) groups is 1. The number of phenolic OH excluding ortho intramolecular Hbond substituents is 3. The standard InChI is InChI=1S/C15H12O5/c16-10-3-1-8(2-4-10)13-6-9-5-11(17)7-12(18)14(9)15(19)20-13/h1-5,7,13,16-18H,6H2/t13-/m1/s1. The Morgan fingerprint density at radius 3 is 2.40 bits per heavy atom. The van der Waals surface area contributed by atoms with Crippen LogP contribution in [0.1, 0.15) is 27.6 Å². The van der Waals surface area contributed by atoms with Crippen LogP contribution in [0.4, 0.5) is 0 Å². The van der Waals surface area contributed by atoms with Gasteiger partial charge in [0, 0.05) is 12.5 Å². The molecule has 0 aromatic heterocycles. The van der Waals surface area contributed by atoms with Gasteiger partial charge in [-0.15, -0.1) is 0 Å². The van der Waals surface area contributed by atoms with Gasteiger partial charge in [-0.1, -0.05) is 12.1 Å². The minimum atomic E-state index is -0.623. The number of aromatic hydroxyl groups is 3. The summed E-state index contributed by atoms with van der Waals surface area (Å²) in [6, 6.07) is 8.92. The Balaban J connectivity index is 2.00. The summed E-state index contributed by atoms with van der Waals surface area (Å²) in [5, 5.41) is 28.5. The van der Waals surface area contributed by atoms with Gasteiger partial charge in [-0.25, -0.2) is 4.79 Å². The van der Waals surface area contributed by atoms with Crippen molar-refractivity contribution in [2.45, 2.75) is 12.5 Å². The summed E-state index contributed by atoms with van der Waals surface area (Å²) in [6.45, 7) is 0. The van der Waals surface area contributed by atoms with Gasteiger partial charge in [-0.3, -0.25) is 0 Å². The first kappa shape index (κ1) is 12.3. The zero-order valence-corrected chi connectivity index (χ0v) is 10.4. The van der Waals surface area contributed by atoms with E-state index in [4.69, 9.17) is 4.74 Å². The van der Waals surface area contributed by atoms with Crippen molar-refractivity contribution < 1.29 is 24.9 Å². The minimum absolute atomic E-state index is 0.0952. The van der Waals surface area contributed by atoms with E-state index >= 15 is 0 Å². The fraction of sp³-hybridized carbons (Fsp3) is 0.133. The molecule has 20 heavy (non-hydrogen) atoms. The van der Waals surface area contributed by atoms with Crippen LogP contribution >= 0.6 is 0 Å². The van der Waals surface area contributed by atoms with E-state index in [9.17, 15) is 20.1 Å². The molecule has 3 N–H and O–H groups in total. The van der Waals surface area contributed by atoms with Gasteiger partial charge >= 0.3 is 5.97 Å². The number of phenols is 3. The van der Waals surface area contributed by atoms with E-state index < -0.39 is 12.1 Å². The average Bonchev–Trinajstić information content (AvgIpc) is 2.38.